The van der Waals surface area contributed by atoms with Crippen LogP contribution in [-0.2, 0) is 0 Å². The van der Waals surface area contributed by atoms with Gasteiger partial charge in [0.1, 0.15) is 10.6 Å². The van der Waals surface area contributed by atoms with Crippen LogP contribution in [0.2, 0.25) is 0 Å². The molecule has 0 amide bonds. The van der Waals surface area contributed by atoms with Crippen molar-refractivity contribution in [1.82, 2.24) is 9.97 Å². The van der Waals surface area contributed by atoms with Gasteiger partial charge in [-0.05, 0) is 38.0 Å². The molecule has 4 nitrogen and oxygen atoms in total. The summed E-state index contributed by atoms with van der Waals surface area (Å²) in [6.07, 6.45) is 1.67. The van der Waals surface area contributed by atoms with Crippen LogP contribution in [0.4, 0.5) is 5.82 Å². The molecule has 0 radical (unpaired) electrons. The molecule has 0 atom stereocenters. The second kappa shape index (κ2) is 4.35. The summed E-state index contributed by atoms with van der Waals surface area (Å²) in [4.78, 5) is 11.5. The number of rotatable bonds is 2. The fraction of sp³-hybridized carbons (Fsp3) is 0.286. The first-order valence-corrected chi connectivity index (χ1v) is 6.93. The van der Waals surface area contributed by atoms with E-state index in [4.69, 9.17) is 4.42 Å². The molecule has 0 aromatic carbocycles. The lowest BCUT2D eigenvalue weighted by Crippen LogP contribution is -1.98. The van der Waals surface area contributed by atoms with Crippen molar-refractivity contribution in [2.24, 2.45) is 0 Å². The van der Waals surface area contributed by atoms with Crippen LogP contribution in [0, 0.1) is 20.8 Å². The normalized spacial score (nSPS) is 11.2. The molecule has 0 aliphatic carbocycles. The van der Waals surface area contributed by atoms with E-state index in [0.29, 0.717) is 5.82 Å². The third-order valence-electron chi connectivity index (χ3n) is 3.33. The minimum atomic E-state index is 0.639. The van der Waals surface area contributed by atoms with E-state index < -0.39 is 0 Å². The van der Waals surface area contributed by atoms with E-state index in [2.05, 4.69) is 29.1 Å². The summed E-state index contributed by atoms with van der Waals surface area (Å²) in [5.41, 5.74) is 2.29. The maximum absolute atomic E-state index is 5.49. The topological polar surface area (TPSA) is 51.0 Å². The summed E-state index contributed by atoms with van der Waals surface area (Å²) in [7, 11) is 1.88. The van der Waals surface area contributed by atoms with E-state index >= 15 is 0 Å². The zero-order chi connectivity index (χ0) is 13.6. The van der Waals surface area contributed by atoms with Gasteiger partial charge in [-0.15, -0.1) is 11.3 Å². The molecule has 0 fully saturated rings. The monoisotopic (exact) mass is 273 g/mol. The number of aryl methyl sites for hydroxylation is 3. The number of hydrogen-bond donors (Lipinski definition) is 1. The average Bonchev–Trinajstić information content (AvgIpc) is 2.93. The molecule has 0 spiro atoms. The molecular formula is C14H15N3OS. The third-order valence-corrected chi connectivity index (χ3v) is 4.43. The van der Waals surface area contributed by atoms with Gasteiger partial charge in [0.2, 0.25) is 0 Å². The van der Waals surface area contributed by atoms with Crippen molar-refractivity contribution in [1.29, 1.82) is 0 Å². The van der Waals surface area contributed by atoms with E-state index in [9.17, 15) is 0 Å². The van der Waals surface area contributed by atoms with Gasteiger partial charge in [-0.1, -0.05) is 0 Å². The Hall–Kier alpha value is -1.88. The fourth-order valence-electron chi connectivity index (χ4n) is 2.13. The van der Waals surface area contributed by atoms with Gasteiger partial charge in [-0.3, -0.25) is 0 Å². The molecular weight excluding hydrogens is 258 g/mol. The second-order valence-corrected chi connectivity index (χ2v) is 5.75. The van der Waals surface area contributed by atoms with Gasteiger partial charge in [-0.2, -0.15) is 0 Å². The Balaban J connectivity index is 2.32. The average molecular weight is 273 g/mol. The number of nitrogens with one attached hydrogen (secondary N) is 1. The highest BCUT2D eigenvalue weighted by Crippen LogP contribution is 2.35. The first kappa shape index (κ1) is 12.2. The van der Waals surface area contributed by atoms with Crippen molar-refractivity contribution in [2.75, 3.05) is 12.4 Å². The van der Waals surface area contributed by atoms with Crippen LogP contribution in [0.3, 0.4) is 0 Å². The van der Waals surface area contributed by atoms with E-state index in [1.807, 2.05) is 20.0 Å². The number of hydrogen-bond acceptors (Lipinski definition) is 5. The van der Waals surface area contributed by atoms with Crippen LogP contribution in [0.1, 0.15) is 16.0 Å². The van der Waals surface area contributed by atoms with Crippen LogP contribution in [0.15, 0.2) is 16.7 Å². The lowest BCUT2D eigenvalue weighted by atomic mass is 10.2. The maximum Gasteiger partial charge on any atom is 0.199 e. The molecule has 0 aliphatic rings. The van der Waals surface area contributed by atoms with Gasteiger partial charge in [0.25, 0.3) is 0 Å². The van der Waals surface area contributed by atoms with Crippen molar-refractivity contribution in [3.8, 4) is 11.6 Å². The van der Waals surface area contributed by atoms with Crippen LogP contribution >= 0.6 is 11.3 Å². The Bertz CT molecular complexity index is 757. The largest absolute Gasteiger partial charge is 0.461 e. The fourth-order valence-corrected chi connectivity index (χ4v) is 3.16. The molecule has 98 valence electrons. The van der Waals surface area contributed by atoms with Gasteiger partial charge in [0, 0.05) is 11.9 Å². The van der Waals surface area contributed by atoms with Crippen molar-refractivity contribution < 1.29 is 4.42 Å². The van der Waals surface area contributed by atoms with Crippen LogP contribution in [-0.4, -0.2) is 17.0 Å². The van der Waals surface area contributed by atoms with E-state index in [1.54, 1.807) is 17.6 Å². The molecule has 5 heteroatoms. The van der Waals surface area contributed by atoms with E-state index in [1.165, 1.54) is 10.4 Å². The molecule has 3 rings (SSSR count). The Kier molecular flexibility index (Phi) is 2.78. The number of furan rings is 1. The van der Waals surface area contributed by atoms with Crippen LogP contribution in [0.5, 0.6) is 0 Å². The third kappa shape index (κ3) is 1.81. The number of fused-ring (bicyclic) bond motifs is 1. The predicted molar refractivity (Wildman–Crippen MR) is 78.9 cm³/mol. The lowest BCUT2D eigenvalue weighted by Gasteiger charge is -2.05. The summed E-state index contributed by atoms with van der Waals surface area (Å²) in [5, 5.41) is 4.27. The number of aromatic nitrogens is 2. The van der Waals surface area contributed by atoms with Gasteiger partial charge in [0.05, 0.1) is 11.6 Å². The molecule has 19 heavy (non-hydrogen) atoms. The van der Waals surface area contributed by atoms with Crippen molar-refractivity contribution in [3.63, 3.8) is 0 Å². The molecule has 1 N–H and O–H groups in total. The number of anilines is 1. The summed E-state index contributed by atoms with van der Waals surface area (Å²) in [6, 6.07) is 1.92. The molecule has 0 saturated heterocycles. The van der Waals surface area contributed by atoms with Gasteiger partial charge in [0.15, 0.2) is 11.6 Å². The van der Waals surface area contributed by atoms with Crippen molar-refractivity contribution in [3.05, 3.63) is 28.3 Å². The lowest BCUT2D eigenvalue weighted by molar-refractivity contribution is 0.576. The minimum Gasteiger partial charge on any atom is -0.461 e. The molecule has 0 aliphatic heterocycles. The zero-order valence-electron chi connectivity index (χ0n) is 11.4. The molecule has 3 heterocycles. The Labute approximate surface area is 115 Å². The first-order chi connectivity index (χ1) is 9.11. The smallest absolute Gasteiger partial charge is 0.199 e. The first-order valence-electron chi connectivity index (χ1n) is 6.11. The maximum atomic E-state index is 5.49. The standard InChI is InChI=1S/C14H15N3OS/c1-7-5-6-18-11(7)13-16-12(15-4)10-8(2)9(3)19-14(10)17-13/h5-6H,1-4H3,(H,15,16,17). The Morgan fingerprint density at radius 3 is 2.63 bits per heavy atom. The molecule has 3 aromatic rings. The van der Waals surface area contributed by atoms with E-state index in [-0.39, 0.29) is 0 Å². The van der Waals surface area contributed by atoms with Crippen molar-refractivity contribution in [2.45, 2.75) is 20.8 Å². The second-order valence-electron chi connectivity index (χ2n) is 4.54. The SMILES string of the molecule is CNc1nc(-c2occc2C)nc2sc(C)c(C)c12. The highest BCUT2D eigenvalue weighted by atomic mass is 32.1. The quantitative estimate of drug-likeness (QED) is 0.769. The Morgan fingerprint density at radius 2 is 2.00 bits per heavy atom. The molecule has 3 aromatic heterocycles. The molecule has 0 unspecified atom stereocenters. The number of nitrogens with zero attached hydrogens (tertiary/aromatic N) is 2. The molecule has 0 saturated carbocycles. The van der Waals surface area contributed by atoms with Gasteiger partial charge >= 0.3 is 0 Å². The van der Waals surface area contributed by atoms with Gasteiger partial charge in [-0.25, -0.2) is 9.97 Å². The summed E-state index contributed by atoms with van der Waals surface area (Å²) >= 11 is 1.69. The van der Waals surface area contributed by atoms with Crippen molar-refractivity contribution >= 4 is 27.4 Å². The summed E-state index contributed by atoms with van der Waals surface area (Å²) < 4.78 is 5.49. The van der Waals surface area contributed by atoms with Gasteiger partial charge < -0.3 is 9.73 Å². The summed E-state index contributed by atoms with van der Waals surface area (Å²) in [6.45, 7) is 6.21. The minimum absolute atomic E-state index is 0.639. The Morgan fingerprint density at radius 1 is 1.21 bits per heavy atom. The zero-order valence-corrected chi connectivity index (χ0v) is 12.2. The predicted octanol–water partition coefficient (Wildman–Crippen LogP) is 3.92. The molecule has 0 bridgehead atoms. The van der Waals surface area contributed by atoms with Crippen LogP contribution < -0.4 is 5.32 Å². The van der Waals surface area contributed by atoms with Crippen LogP contribution in [0.25, 0.3) is 21.8 Å². The highest BCUT2D eigenvalue weighted by Gasteiger charge is 2.16. The highest BCUT2D eigenvalue weighted by molar-refractivity contribution is 7.18. The summed E-state index contributed by atoms with van der Waals surface area (Å²) in [5.74, 6) is 2.24. The van der Waals surface area contributed by atoms with E-state index in [0.717, 1.165) is 27.4 Å². The number of thiophene rings is 1.